The Hall–Kier alpha value is -1.19. The van der Waals surface area contributed by atoms with Crippen LogP contribution in [0, 0.1) is 0 Å². The van der Waals surface area contributed by atoms with E-state index in [1.54, 1.807) is 13.8 Å². The summed E-state index contributed by atoms with van der Waals surface area (Å²) in [5, 5.41) is -0.392. The number of aromatic nitrogens is 1. The number of pyridine rings is 1. The van der Waals surface area contributed by atoms with Gasteiger partial charge in [-0.25, -0.2) is 13.4 Å². The first kappa shape index (κ1) is 16.2. The highest BCUT2D eigenvalue weighted by Gasteiger charge is 2.35. The van der Waals surface area contributed by atoms with E-state index in [1.807, 2.05) is 0 Å². The molecule has 0 aromatic carbocycles. The Labute approximate surface area is 120 Å². The molecule has 0 radical (unpaired) electrons. The van der Waals surface area contributed by atoms with Gasteiger partial charge in [-0.15, -0.1) is 0 Å². The molecule has 2 atom stereocenters. The van der Waals surface area contributed by atoms with Crippen molar-refractivity contribution in [3.05, 3.63) is 23.9 Å². The van der Waals surface area contributed by atoms with Gasteiger partial charge in [0.25, 0.3) is 10.0 Å². The molecule has 21 heavy (non-hydrogen) atoms. The van der Waals surface area contributed by atoms with Gasteiger partial charge in [0.05, 0.1) is 17.8 Å². The summed E-state index contributed by atoms with van der Waals surface area (Å²) in [5.41, 5.74) is -0.981. The molecule has 1 aromatic heterocycles. The van der Waals surface area contributed by atoms with Crippen molar-refractivity contribution in [1.29, 1.82) is 0 Å². The molecule has 1 aliphatic heterocycles. The molecule has 9 heteroatoms. The standard InChI is InChI=1S/C12H15F3N2O3S/c1-8-6-17(7-9(2)20-8)21(18,19)11-4-3-10(5-16-11)12(13,14)15/h3-5,8-9H,6-7H2,1-2H3/t8-,9+. The van der Waals surface area contributed by atoms with E-state index >= 15 is 0 Å². The largest absolute Gasteiger partial charge is 0.417 e. The van der Waals surface area contributed by atoms with Gasteiger partial charge in [-0.3, -0.25) is 0 Å². The fourth-order valence-corrected chi connectivity index (χ4v) is 3.66. The van der Waals surface area contributed by atoms with Gasteiger partial charge in [-0.2, -0.15) is 17.5 Å². The van der Waals surface area contributed by atoms with Crippen LogP contribution in [0.3, 0.4) is 0 Å². The van der Waals surface area contributed by atoms with E-state index in [9.17, 15) is 21.6 Å². The molecule has 0 N–H and O–H groups in total. The third-order valence-electron chi connectivity index (χ3n) is 3.05. The molecule has 0 saturated carbocycles. The minimum atomic E-state index is -4.54. The molecule has 1 aromatic rings. The summed E-state index contributed by atoms with van der Waals surface area (Å²) in [7, 11) is -3.92. The molecule has 0 aliphatic carbocycles. The quantitative estimate of drug-likeness (QED) is 0.834. The number of morpholine rings is 1. The summed E-state index contributed by atoms with van der Waals surface area (Å²) >= 11 is 0. The predicted molar refractivity (Wildman–Crippen MR) is 68.0 cm³/mol. The summed E-state index contributed by atoms with van der Waals surface area (Å²) < 4.78 is 68.7. The second kappa shape index (κ2) is 5.54. The summed E-state index contributed by atoms with van der Waals surface area (Å²) in [6, 6.07) is 1.59. The van der Waals surface area contributed by atoms with E-state index in [1.165, 1.54) is 4.31 Å². The van der Waals surface area contributed by atoms with Gasteiger partial charge in [0.15, 0.2) is 5.03 Å². The van der Waals surface area contributed by atoms with Crippen molar-refractivity contribution in [1.82, 2.24) is 9.29 Å². The summed E-state index contributed by atoms with van der Waals surface area (Å²) in [5.74, 6) is 0. The number of hydrogen-bond donors (Lipinski definition) is 0. The Morgan fingerprint density at radius 3 is 2.24 bits per heavy atom. The monoisotopic (exact) mass is 324 g/mol. The third kappa shape index (κ3) is 3.53. The maximum atomic E-state index is 12.5. The second-order valence-corrected chi connectivity index (χ2v) is 6.85. The van der Waals surface area contributed by atoms with Crippen LogP contribution in [0.1, 0.15) is 19.4 Å². The summed E-state index contributed by atoms with van der Waals surface area (Å²) in [6.07, 6.45) is -4.58. The van der Waals surface area contributed by atoms with Crippen LogP contribution in [0.15, 0.2) is 23.4 Å². The van der Waals surface area contributed by atoms with Crippen molar-refractivity contribution >= 4 is 10.0 Å². The smallest absolute Gasteiger partial charge is 0.373 e. The second-order valence-electron chi connectivity index (χ2n) is 4.96. The van der Waals surface area contributed by atoms with Gasteiger partial charge in [-0.1, -0.05) is 0 Å². The molecule has 0 unspecified atom stereocenters. The molecule has 1 fully saturated rings. The van der Waals surface area contributed by atoms with Crippen LogP contribution in [-0.4, -0.2) is 43.0 Å². The lowest BCUT2D eigenvalue weighted by Gasteiger charge is -2.34. The maximum Gasteiger partial charge on any atom is 0.417 e. The van der Waals surface area contributed by atoms with Crippen molar-refractivity contribution in [2.24, 2.45) is 0 Å². The number of hydrogen-bond acceptors (Lipinski definition) is 4. The zero-order chi connectivity index (χ0) is 15.8. The van der Waals surface area contributed by atoms with E-state index < -0.39 is 26.8 Å². The van der Waals surface area contributed by atoms with E-state index in [4.69, 9.17) is 4.74 Å². The van der Waals surface area contributed by atoms with Crippen molar-refractivity contribution in [2.45, 2.75) is 37.3 Å². The normalized spacial score (nSPS) is 25.0. The highest BCUT2D eigenvalue weighted by atomic mass is 32.2. The Balaban J connectivity index is 2.27. The van der Waals surface area contributed by atoms with Gasteiger partial charge >= 0.3 is 6.18 Å². The topological polar surface area (TPSA) is 59.5 Å². The van der Waals surface area contributed by atoms with Gasteiger partial charge in [0, 0.05) is 19.3 Å². The van der Waals surface area contributed by atoms with Gasteiger partial charge in [-0.05, 0) is 26.0 Å². The molecule has 2 heterocycles. The van der Waals surface area contributed by atoms with Crippen LogP contribution < -0.4 is 0 Å². The average molecular weight is 324 g/mol. The van der Waals surface area contributed by atoms with Crippen LogP contribution in [0.5, 0.6) is 0 Å². The average Bonchev–Trinajstić information content (AvgIpc) is 2.36. The summed E-state index contributed by atoms with van der Waals surface area (Å²) in [6.45, 7) is 3.77. The fourth-order valence-electron chi connectivity index (χ4n) is 2.16. The van der Waals surface area contributed by atoms with Crippen molar-refractivity contribution in [3.63, 3.8) is 0 Å². The van der Waals surface area contributed by atoms with Crippen LogP contribution in [0.4, 0.5) is 13.2 Å². The van der Waals surface area contributed by atoms with E-state index in [-0.39, 0.29) is 25.3 Å². The Kier molecular flexibility index (Phi) is 4.27. The van der Waals surface area contributed by atoms with Crippen LogP contribution >= 0.6 is 0 Å². The maximum absolute atomic E-state index is 12.5. The summed E-state index contributed by atoms with van der Waals surface area (Å²) in [4.78, 5) is 3.45. The lowest BCUT2D eigenvalue weighted by Crippen LogP contribution is -2.48. The number of ether oxygens (including phenoxy) is 1. The zero-order valence-corrected chi connectivity index (χ0v) is 12.3. The van der Waals surface area contributed by atoms with Gasteiger partial charge in [0.2, 0.25) is 0 Å². The SMILES string of the molecule is C[C@@H]1CN(S(=O)(=O)c2ccc(C(F)(F)F)cn2)C[C@H](C)O1. The highest BCUT2D eigenvalue weighted by Crippen LogP contribution is 2.29. The van der Waals surface area contributed by atoms with Crippen molar-refractivity contribution in [2.75, 3.05) is 13.1 Å². The first-order valence-electron chi connectivity index (χ1n) is 6.29. The lowest BCUT2D eigenvalue weighted by atomic mass is 10.3. The number of rotatable bonds is 2. The zero-order valence-electron chi connectivity index (χ0n) is 11.5. The van der Waals surface area contributed by atoms with E-state index in [0.717, 1.165) is 6.07 Å². The molecule has 0 spiro atoms. The predicted octanol–water partition coefficient (Wildman–Crippen LogP) is 1.90. The molecule has 5 nitrogen and oxygen atoms in total. The Morgan fingerprint density at radius 2 is 1.81 bits per heavy atom. The molecule has 118 valence electrons. The van der Waals surface area contributed by atoms with Crippen molar-refractivity contribution < 1.29 is 26.3 Å². The molecular formula is C12H15F3N2O3S. The van der Waals surface area contributed by atoms with Gasteiger partial charge in [0.1, 0.15) is 0 Å². The molecule has 2 rings (SSSR count). The third-order valence-corrected chi connectivity index (χ3v) is 4.80. The van der Waals surface area contributed by atoms with E-state index in [2.05, 4.69) is 4.98 Å². The Morgan fingerprint density at radius 1 is 1.24 bits per heavy atom. The van der Waals surface area contributed by atoms with Crippen LogP contribution in [0.25, 0.3) is 0 Å². The Bertz CT molecular complexity index is 591. The number of alkyl halides is 3. The fraction of sp³-hybridized carbons (Fsp3) is 0.583. The minimum absolute atomic E-state index is 0.148. The molecule has 1 aliphatic rings. The molecular weight excluding hydrogens is 309 g/mol. The molecule has 1 saturated heterocycles. The molecule has 0 bridgehead atoms. The lowest BCUT2D eigenvalue weighted by molar-refractivity contribution is -0.137. The first-order chi connectivity index (χ1) is 9.60. The molecule has 0 amide bonds. The van der Waals surface area contributed by atoms with Gasteiger partial charge < -0.3 is 4.74 Å². The van der Waals surface area contributed by atoms with E-state index in [0.29, 0.717) is 12.3 Å². The van der Waals surface area contributed by atoms with Crippen molar-refractivity contribution in [3.8, 4) is 0 Å². The van der Waals surface area contributed by atoms with Crippen LogP contribution in [0.2, 0.25) is 0 Å². The minimum Gasteiger partial charge on any atom is -0.373 e. The first-order valence-corrected chi connectivity index (χ1v) is 7.73. The highest BCUT2D eigenvalue weighted by molar-refractivity contribution is 7.89. The number of sulfonamides is 1. The van der Waals surface area contributed by atoms with Crippen LogP contribution in [-0.2, 0) is 20.9 Å². The number of nitrogens with zero attached hydrogens (tertiary/aromatic N) is 2. The number of halogens is 3.